The van der Waals surface area contributed by atoms with Crippen LogP contribution >= 0.6 is 0 Å². The molecule has 1 aliphatic carbocycles. The van der Waals surface area contributed by atoms with Gasteiger partial charge in [-0.3, -0.25) is 4.90 Å². The molecule has 0 bridgehead atoms. The summed E-state index contributed by atoms with van der Waals surface area (Å²) in [4.78, 5) is 27.9. The number of nitrogens with two attached hydrogens (primary N) is 1. The van der Waals surface area contributed by atoms with Gasteiger partial charge in [0.15, 0.2) is 0 Å². The number of nitrogens with zero attached hydrogens (tertiary/aromatic N) is 2. The molecule has 148 valence electrons. The number of urea groups is 1. The molecule has 1 heterocycles. The fourth-order valence-corrected chi connectivity index (χ4v) is 3.97. The third kappa shape index (κ3) is 4.35. The summed E-state index contributed by atoms with van der Waals surface area (Å²) in [5.74, 6) is 0.479. The molecule has 2 atom stereocenters. The zero-order chi connectivity index (χ0) is 19.4. The Hall–Kier alpha value is -2.28. The SMILES string of the molecule is CC(c1cccc(N2CCOC2=O)c1)N(C)C(=O)NC(CN)C1CCCC1. The molecule has 27 heavy (non-hydrogen) atoms. The van der Waals surface area contributed by atoms with Crippen LogP contribution in [0.3, 0.4) is 0 Å². The zero-order valence-corrected chi connectivity index (χ0v) is 16.2. The van der Waals surface area contributed by atoms with Crippen LogP contribution in [0.1, 0.15) is 44.2 Å². The molecule has 0 radical (unpaired) electrons. The lowest BCUT2D eigenvalue weighted by molar-refractivity contribution is 0.180. The smallest absolute Gasteiger partial charge is 0.414 e. The monoisotopic (exact) mass is 374 g/mol. The predicted molar refractivity (Wildman–Crippen MR) is 105 cm³/mol. The second kappa shape index (κ2) is 8.61. The van der Waals surface area contributed by atoms with Gasteiger partial charge in [-0.25, -0.2) is 9.59 Å². The van der Waals surface area contributed by atoms with Crippen LogP contribution in [-0.4, -0.2) is 49.8 Å². The number of carbonyl (C=O) groups excluding carboxylic acids is 2. The highest BCUT2D eigenvalue weighted by Crippen LogP contribution is 2.28. The summed E-state index contributed by atoms with van der Waals surface area (Å²) in [6.07, 6.45) is 4.38. The molecule has 3 N–H and O–H groups in total. The number of benzene rings is 1. The average Bonchev–Trinajstić information content (AvgIpc) is 3.36. The Labute approximate surface area is 160 Å². The molecule has 3 amide bonds. The molecular weight excluding hydrogens is 344 g/mol. The summed E-state index contributed by atoms with van der Waals surface area (Å²) in [6.45, 7) is 3.40. The summed E-state index contributed by atoms with van der Waals surface area (Å²) in [5, 5.41) is 3.11. The van der Waals surface area contributed by atoms with Crippen molar-refractivity contribution >= 4 is 17.8 Å². The third-order valence-corrected chi connectivity index (χ3v) is 5.86. The van der Waals surface area contributed by atoms with E-state index in [1.54, 1.807) is 16.8 Å². The first kappa shape index (κ1) is 19.5. The maximum Gasteiger partial charge on any atom is 0.414 e. The van der Waals surface area contributed by atoms with Gasteiger partial charge >= 0.3 is 12.1 Å². The van der Waals surface area contributed by atoms with Crippen molar-refractivity contribution in [2.24, 2.45) is 11.7 Å². The quantitative estimate of drug-likeness (QED) is 0.801. The second-order valence-corrected chi connectivity index (χ2v) is 7.48. The van der Waals surface area contributed by atoms with Gasteiger partial charge in [0.1, 0.15) is 6.61 Å². The largest absolute Gasteiger partial charge is 0.447 e. The van der Waals surface area contributed by atoms with E-state index in [2.05, 4.69) is 5.32 Å². The lowest BCUT2D eigenvalue weighted by Gasteiger charge is -2.30. The molecule has 7 nitrogen and oxygen atoms in total. The van der Waals surface area contributed by atoms with Gasteiger partial charge in [-0.2, -0.15) is 0 Å². The Bertz CT molecular complexity index is 675. The summed E-state index contributed by atoms with van der Waals surface area (Å²) < 4.78 is 5.01. The Morgan fingerprint density at radius 1 is 1.41 bits per heavy atom. The predicted octanol–water partition coefficient (Wildman–Crippen LogP) is 2.86. The van der Waals surface area contributed by atoms with Crippen molar-refractivity contribution in [1.82, 2.24) is 10.2 Å². The van der Waals surface area contributed by atoms with Crippen LogP contribution in [0.2, 0.25) is 0 Å². The highest BCUT2D eigenvalue weighted by Gasteiger charge is 2.28. The van der Waals surface area contributed by atoms with Gasteiger partial charge in [0.25, 0.3) is 0 Å². The lowest BCUT2D eigenvalue weighted by Crippen LogP contribution is -2.49. The van der Waals surface area contributed by atoms with E-state index in [-0.39, 0.29) is 24.2 Å². The number of cyclic esters (lactones) is 1. The number of hydrogen-bond acceptors (Lipinski definition) is 4. The summed E-state index contributed by atoms with van der Waals surface area (Å²) in [7, 11) is 1.79. The molecular formula is C20H30N4O3. The number of ether oxygens (including phenoxy) is 1. The summed E-state index contributed by atoms with van der Waals surface area (Å²) in [5.41, 5.74) is 7.67. The van der Waals surface area contributed by atoms with E-state index in [1.807, 2.05) is 31.2 Å². The van der Waals surface area contributed by atoms with Crippen molar-refractivity contribution < 1.29 is 14.3 Å². The van der Waals surface area contributed by atoms with E-state index >= 15 is 0 Å². The highest BCUT2D eigenvalue weighted by molar-refractivity contribution is 5.89. The van der Waals surface area contributed by atoms with Crippen molar-refractivity contribution in [2.45, 2.75) is 44.7 Å². The molecule has 2 fully saturated rings. The minimum atomic E-state index is -0.326. The number of nitrogens with one attached hydrogen (secondary N) is 1. The van der Waals surface area contributed by atoms with Gasteiger partial charge in [-0.05, 0) is 43.4 Å². The van der Waals surface area contributed by atoms with Crippen molar-refractivity contribution in [3.63, 3.8) is 0 Å². The number of hydrogen-bond donors (Lipinski definition) is 2. The van der Waals surface area contributed by atoms with Crippen LogP contribution in [0, 0.1) is 5.92 Å². The second-order valence-electron chi connectivity index (χ2n) is 7.48. The van der Waals surface area contributed by atoms with E-state index in [9.17, 15) is 9.59 Å². The molecule has 1 saturated heterocycles. The van der Waals surface area contributed by atoms with E-state index < -0.39 is 0 Å². The maximum absolute atomic E-state index is 12.8. The molecule has 2 aliphatic rings. The van der Waals surface area contributed by atoms with Crippen LogP contribution in [0.15, 0.2) is 24.3 Å². The molecule has 1 aliphatic heterocycles. The molecule has 3 rings (SSSR count). The average molecular weight is 374 g/mol. The maximum atomic E-state index is 12.8. The van der Waals surface area contributed by atoms with Gasteiger partial charge in [-0.15, -0.1) is 0 Å². The lowest BCUT2D eigenvalue weighted by atomic mass is 9.98. The number of carbonyl (C=O) groups is 2. The Morgan fingerprint density at radius 2 is 2.15 bits per heavy atom. The van der Waals surface area contributed by atoms with E-state index in [4.69, 9.17) is 10.5 Å². The molecule has 1 saturated carbocycles. The third-order valence-electron chi connectivity index (χ3n) is 5.86. The van der Waals surface area contributed by atoms with Crippen molar-refractivity contribution in [2.75, 3.05) is 31.6 Å². The molecule has 2 unspecified atom stereocenters. The van der Waals surface area contributed by atoms with Gasteiger partial charge in [0.05, 0.1) is 12.6 Å². The highest BCUT2D eigenvalue weighted by atomic mass is 16.6. The van der Waals surface area contributed by atoms with E-state index in [0.29, 0.717) is 25.6 Å². The first-order valence-electron chi connectivity index (χ1n) is 9.79. The van der Waals surface area contributed by atoms with E-state index in [1.165, 1.54) is 12.8 Å². The normalized spacial score (nSPS) is 19.7. The van der Waals surface area contributed by atoms with Crippen LogP contribution in [0.4, 0.5) is 15.3 Å². The topological polar surface area (TPSA) is 87.9 Å². The molecule has 1 aromatic carbocycles. The van der Waals surface area contributed by atoms with Gasteiger partial charge in [0, 0.05) is 25.3 Å². The minimum absolute atomic E-state index is 0.0281. The summed E-state index contributed by atoms with van der Waals surface area (Å²) >= 11 is 0. The summed E-state index contributed by atoms with van der Waals surface area (Å²) in [6, 6.07) is 7.48. The minimum Gasteiger partial charge on any atom is -0.447 e. The van der Waals surface area contributed by atoms with Crippen LogP contribution in [-0.2, 0) is 4.74 Å². The van der Waals surface area contributed by atoms with Gasteiger partial charge < -0.3 is 20.7 Å². The Balaban J connectivity index is 1.66. The van der Waals surface area contributed by atoms with Crippen LogP contribution < -0.4 is 16.0 Å². The first-order chi connectivity index (χ1) is 13.0. The van der Waals surface area contributed by atoms with Crippen molar-refractivity contribution in [3.8, 4) is 0 Å². The number of rotatable bonds is 6. The molecule has 7 heteroatoms. The number of amides is 3. The van der Waals surface area contributed by atoms with Crippen molar-refractivity contribution in [3.05, 3.63) is 29.8 Å². The Morgan fingerprint density at radius 3 is 2.78 bits per heavy atom. The molecule has 0 spiro atoms. The Kier molecular flexibility index (Phi) is 6.21. The van der Waals surface area contributed by atoms with Crippen LogP contribution in [0.5, 0.6) is 0 Å². The molecule has 0 aromatic heterocycles. The fraction of sp³-hybridized carbons (Fsp3) is 0.600. The van der Waals surface area contributed by atoms with Crippen LogP contribution in [0.25, 0.3) is 0 Å². The molecule has 1 aromatic rings. The number of anilines is 1. The standard InChI is InChI=1S/C20H30N4O3/c1-14(16-8-5-9-17(12-16)24-10-11-27-20(24)26)23(2)19(25)22-18(13-21)15-6-3-4-7-15/h5,8-9,12,14-15,18H,3-4,6-7,10-11,13,21H2,1-2H3,(H,22,25). The van der Waals surface area contributed by atoms with Gasteiger partial charge in [-0.1, -0.05) is 25.0 Å². The van der Waals surface area contributed by atoms with Crippen molar-refractivity contribution in [1.29, 1.82) is 0 Å². The fourth-order valence-electron chi connectivity index (χ4n) is 3.97. The van der Waals surface area contributed by atoms with E-state index in [0.717, 1.165) is 24.1 Å². The zero-order valence-electron chi connectivity index (χ0n) is 16.2. The van der Waals surface area contributed by atoms with Gasteiger partial charge in [0.2, 0.25) is 0 Å². The first-order valence-corrected chi connectivity index (χ1v) is 9.79.